The summed E-state index contributed by atoms with van der Waals surface area (Å²) in [6, 6.07) is 0. The summed E-state index contributed by atoms with van der Waals surface area (Å²) in [6.07, 6.45) is 0.760. The SMILES string of the molecule is NC(=S)CS(=O)(=O)N1CCCN(CCO)CC1. The van der Waals surface area contributed by atoms with E-state index in [2.05, 4.69) is 17.1 Å². The van der Waals surface area contributed by atoms with E-state index < -0.39 is 10.0 Å². The summed E-state index contributed by atoms with van der Waals surface area (Å²) < 4.78 is 25.2. The van der Waals surface area contributed by atoms with Gasteiger partial charge in [-0.3, -0.25) is 4.90 Å². The van der Waals surface area contributed by atoms with Gasteiger partial charge in [-0.2, -0.15) is 0 Å². The molecule has 0 radical (unpaired) electrons. The van der Waals surface area contributed by atoms with Crippen LogP contribution in [-0.2, 0) is 10.0 Å². The molecule has 0 aromatic rings. The highest BCUT2D eigenvalue weighted by atomic mass is 32.2. The van der Waals surface area contributed by atoms with Gasteiger partial charge in [-0.15, -0.1) is 0 Å². The average Bonchev–Trinajstić information content (AvgIpc) is 2.42. The highest BCUT2D eigenvalue weighted by Crippen LogP contribution is 2.08. The summed E-state index contributed by atoms with van der Waals surface area (Å²) in [5.74, 6) is -0.262. The minimum atomic E-state index is -3.37. The Labute approximate surface area is 107 Å². The highest BCUT2D eigenvalue weighted by molar-refractivity contribution is 7.92. The van der Waals surface area contributed by atoms with Crippen LogP contribution in [0, 0.1) is 0 Å². The fourth-order valence-electron chi connectivity index (χ4n) is 1.86. The van der Waals surface area contributed by atoms with Crippen molar-refractivity contribution in [3.8, 4) is 0 Å². The fraction of sp³-hybridized carbons (Fsp3) is 0.889. The van der Waals surface area contributed by atoms with Gasteiger partial charge in [0.15, 0.2) is 0 Å². The molecule has 0 spiro atoms. The fourth-order valence-corrected chi connectivity index (χ4v) is 3.62. The Morgan fingerprint density at radius 3 is 2.59 bits per heavy atom. The van der Waals surface area contributed by atoms with Crippen molar-refractivity contribution >= 4 is 27.2 Å². The predicted octanol–water partition coefficient (Wildman–Crippen LogP) is -1.40. The van der Waals surface area contributed by atoms with E-state index in [-0.39, 0.29) is 17.3 Å². The van der Waals surface area contributed by atoms with Gasteiger partial charge < -0.3 is 10.8 Å². The van der Waals surface area contributed by atoms with E-state index in [1.807, 2.05) is 0 Å². The van der Waals surface area contributed by atoms with Crippen molar-refractivity contribution in [2.45, 2.75) is 6.42 Å². The summed E-state index contributed by atoms with van der Waals surface area (Å²) in [7, 11) is -3.37. The maximum absolute atomic E-state index is 11.9. The lowest BCUT2D eigenvalue weighted by Gasteiger charge is -2.20. The van der Waals surface area contributed by atoms with Crippen LogP contribution in [0.5, 0.6) is 0 Å². The molecule has 8 heteroatoms. The lowest BCUT2D eigenvalue weighted by Crippen LogP contribution is -2.39. The van der Waals surface area contributed by atoms with Crippen molar-refractivity contribution in [3.05, 3.63) is 0 Å². The molecule has 0 amide bonds. The molecule has 1 rings (SSSR count). The van der Waals surface area contributed by atoms with Crippen LogP contribution < -0.4 is 5.73 Å². The average molecular weight is 281 g/mol. The van der Waals surface area contributed by atoms with Crippen LogP contribution in [-0.4, -0.2) is 72.8 Å². The number of aliphatic hydroxyl groups excluding tert-OH is 1. The van der Waals surface area contributed by atoms with E-state index in [1.54, 1.807) is 0 Å². The molecule has 6 nitrogen and oxygen atoms in total. The zero-order chi connectivity index (χ0) is 12.9. The zero-order valence-corrected chi connectivity index (χ0v) is 11.3. The van der Waals surface area contributed by atoms with Crippen LogP contribution in [0.1, 0.15) is 6.42 Å². The zero-order valence-electron chi connectivity index (χ0n) is 9.71. The van der Waals surface area contributed by atoms with Gasteiger partial charge in [0.05, 0.1) is 11.6 Å². The molecule has 0 unspecified atom stereocenters. The molecule has 0 aromatic heterocycles. The van der Waals surface area contributed by atoms with Crippen molar-refractivity contribution in [3.63, 3.8) is 0 Å². The van der Waals surface area contributed by atoms with Gasteiger partial charge in [-0.1, -0.05) is 12.2 Å². The van der Waals surface area contributed by atoms with Gasteiger partial charge in [-0.25, -0.2) is 12.7 Å². The summed E-state index contributed by atoms with van der Waals surface area (Å²) in [5.41, 5.74) is 5.28. The quantitative estimate of drug-likeness (QED) is 0.603. The molecule has 0 saturated carbocycles. The van der Waals surface area contributed by atoms with Crippen LogP contribution in [0.25, 0.3) is 0 Å². The third-order valence-electron chi connectivity index (χ3n) is 2.68. The second kappa shape index (κ2) is 6.60. The van der Waals surface area contributed by atoms with Gasteiger partial charge in [-0.05, 0) is 13.0 Å². The van der Waals surface area contributed by atoms with E-state index in [1.165, 1.54) is 4.31 Å². The Morgan fingerprint density at radius 1 is 1.29 bits per heavy atom. The molecular formula is C9H19N3O3S2. The first kappa shape index (κ1) is 14.8. The number of sulfonamides is 1. The number of hydrogen-bond donors (Lipinski definition) is 2. The van der Waals surface area contributed by atoms with Gasteiger partial charge in [0.2, 0.25) is 10.0 Å². The van der Waals surface area contributed by atoms with Gasteiger partial charge in [0, 0.05) is 26.2 Å². The van der Waals surface area contributed by atoms with Crippen LogP contribution in [0.3, 0.4) is 0 Å². The van der Waals surface area contributed by atoms with Gasteiger partial charge >= 0.3 is 0 Å². The van der Waals surface area contributed by atoms with Gasteiger partial charge in [0.25, 0.3) is 0 Å². The van der Waals surface area contributed by atoms with E-state index in [4.69, 9.17) is 10.8 Å². The summed E-state index contributed by atoms with van der Waals surface area (Å²) in [5, 5.41) is 8.85. The summed E-state index contributed by atoms with van der Waals surface area (Å²) in [4.78, 5) is 2.05. The molecule has 1 saturated heterocycles. The van der Waals surface area contributed by atoms with Crippen LogP contribution in [0.4, 0.5) is 0 Å². The number of rotatable bonds is 5. The highest BCUT2D eigenvalue weighted by Gasteiger charge is 2.25. The van der Waals surface area contributed by atoms with E-state index >= 15 is 0 Å². The molecule has 3 N–H and O–H groups in total. The first-order valence-corrected chi connectivity index (χ1v) is 7.57. The Balaban J connectivity index is 2.59. The Morgan fingerprint density at radius 2 is 2.00 bits per heavy atom. The topological polar surface area (TPSA) is 86.9 Å². The molecule has 0 aliphatic carbocycles. The molecule has 0 atom stereocenters. The number of nitrogens with two attached hydrogens (primary N) is 1. The Kier molecular flexibility index (Phi) is 5.74. The number of aliphatic hydroxyl groups is 1. The monoisotopic (exact) mass is 281 g/mol. The van der Waals surface area contributed by atoms with E-state index in [9.17, 15) is 8.42 Å². The van der Waals surface area contributed by atoms with Crippen molar-refractivity contribution in [2.24, 2.45) is 5.73 Å². The van der Waals surface area contributed by atoms with E-state index in [0.29, 0.717) is 26.2 Å². The molecule has 1 aliphatic heterocycles. The number of β-amino-alcohol motifs (C(OH)–C–C–N with tert-alkyl or cyclic N) is 1. The first-order valence-electron chi connectivity index (χ1n) is 5.55. The maximum atomic E-state index is 11.9. The van der Waals surface area contributed by atoms with Crippen molar-refractivity contribution in [1.82, 2.24) is 9.21 Å². The third-order valence-corrected chi connectivity index (χ3v) is 4.84. The third kappa shape index (κ3) is 4.84. The Bertz CT molecular complexity index is 358. The van der Waals surface area contributed by atoms with Crippen LogP contribution in [0.15, 0.2) is 0 Å². The Hall–Kier alpha value is -0.280. The molecule has 0 bridgehead atoms. The van der Waals surface area contributed by atoms with Gasteiger partial charge in [0.1, 0.15) is 5.75 Å². The minimum Gasteiger partial charge on any atom is -0.395 e. The second-order valence-electron chi connectivity index (χ2n) is 4.04. The number of hydrogen-bond acceptors (Lipinski definition) is 5. The van der Waals surface area contributed by atoms with Crippen molar-refractivity contribution in [1.29, 1.82) is 0 Å². The second-order valence-corrected chi connectivity index (χ2v) is 6.53. The van der Waals surface area contributed by atoms with Crippen molar-refractivity contribution in [2.75, 3.05) is 45.1 Å². The number of nitrogens with zero attached hydrogens (tertiary/aromatic N) is 2. The molecule has 1 heterocycles. The van der Waals surface area contributed by atoms with Crippen molar-refractivity contribution < 1.29 is 13.5 Å². The molecule has 17 heavy (non-hydrogen) atoms. The lowest BCUT2D eigenvalue weighted by molar-refractivity contribution is 0.202. The summed E-state index contributed by atoms with van der Waals surface area (Å²) in [6.45, 7) is 3.05. The molecule has 1 fully saturated rings. The van der Waals surface area contributed by atoms with E-state index in [0.717, 1.165) is 13.0 Å². The maximum Gasteiger partial charge on any atom is 0.220 e. The normalized spacial score (nSPS) is 20.1. The van der Waals surface area contributed by atoms with Crippen LogP contribution >= 0.6 is 12.2 Å². The molecule has 1 aliphatic rings. The smallest absolute Gasteiger partial charge is 0.220 e. The first-order chi connectivity index (χ1) is 7.95. The molecule has 100 valence electrons. The standard InChI is InChI=1S/C9H19N3O3S2/c10-9(16)8-17(14,15)12-3-1-2-11(4-5-12)6-7-13/h13H,1-8H2,(H2,10,16). The minimum absolute atomic E-state index is 0.00135. The lowest BCUT2D eigenvalue weighted by atomic mass is 10.4. The van der Waals surface area contributed by atoms with Crippen LogP contribution in [0.2, 0.25) is 0 Å². The predicted molar refractivity (Wildman–Crippen MR) is 70.3 cm³/mol. The number of thiocarbonyl (C=S) groups is 1. The largest absolute Gasteiger partial charge is 0.395 e. The summed E-state index contributed by atoms with van der Waals surface area (Å²) >= 11 is 4.64. The molecular weight excluding hydrogens is 262 g/mol. The molecule has 0 aromatic carbocycles.